The van der Waals surface area contributed by atoms with Crippen LogP contribution < -0.4 is 4.90 Å². The van der Waals surface area contributed by atoms with Crippen LogP contribution in [0.5, 0.6) is 0 Å². The highest BCUT2D eigenvalue weighted by atomic mass is 79.9. The van der Waals surface area contributed by atoms with E-state index >= 15 is 0 Å². The number of hydrogen-bond donors (Lipinski definition) is 0. The lowest BCUT2D eigenvalue weighted by molar-refractivity contribution is 0.873. The first-order valence-corrected chi connectivity index (χ1v) is 6.05. The number of halogens is 1. The number of aryl methyl sites for hydroxylation is 1. The number of hydrogen-bond acceptors (Lipinski definition) is 4. The second-order valence-corrected chi connectivity index (χ2v) is 4.62. The quantitative estimate of drug-likeness (QED) is 0.816. The number of pyridine rings is 1. The minimum Gasteiger partial charge on any atom is -0.355 e. The molecule has 2 aromatic rings. The van der Waals surface area contributed by atoms with E-state index < -0.39 is 0 Å². The summed E-state index contributed by atoms with van der Waals surface area (Å²) < 4.78 is 0.807. The number of rotatable bonds is 3. The van der Waals surface area contributed by atoms with Gasteiger partial charge in [0.15, 0.2) is 0 Å². The van der Waals surface area contributed by atoms with Crippen LogP contribution in [-0.2, 0) is 6.54 Å². The molecular formula is C12H13BrN4. The van der Waals surface area contributed by atoms with E-state index in [4.69, 9.17) is 0 Å². The molecule has 0 aliphatic rings. The number of nitrogens with zero attached hydrogens (tertiary/aromatic N) is 4. The van der Waals surface area contributed by atoms with Crippen molar-refractivity contribution in [2.75, 3.05) is 11.9 Å². The Bertz CT molecular complexity index is 481. The predicted molar refractivity (Wildman–Crippen MR) is 70.8 cm³/mol. The second-order valence-electron chi connectivity index (χ2n) is 3.81. The third kappa shape index (κ3) is 3.23. The predicted octanol–water partition coefficient (Wildman–Crippen LogP) is 2.58. The van der Waals surface area contributed by atoms with Crippen LogP contribution in [0.3, 0.4) is 0 Å². The fourth-order valence-electron chi connectivity index (χ4n) is 1.56. The summed E-state index contributed by atoms with van der Waals surface area (Å²) in [5, 5.41) is 0. The third-order valence-corrected chi connectivity index (χ3v) is 2.76. The molecule has 0 unspecified atom stereocenters. The highest BCUT2D eigenvalue weighted by Gasteiger charge is 2.06. The van der Waals surface area contributed by atoms with Crippen LogP contribution in [0.2, 0.25) is 0 Å². The molecule has 0 amide bonds. The molecule has 17 heavy (non-hydrogen) atoms. The van der Waals surface area contributed by atoms with Gasteiger partial charge in [-0.2, -0.15) is 0 Å². The van der Waals surface area contributed by atoms with Crippen LogP contribution in [-0.4, -0.2) is 22.0 Å². The molecule has 0 atom stereocenters. The van der Waals surface area contributed by atoms with Crippen molar-refractivity contribution in [1.82, 2.24) is 15.0 Å². The lowest BCUT2D eigenvalue weighted by Gasteiger charge is -2.18. The molecule has 2 rings (SSSR count). The minimum absolute atomic E-state index is 0.760. The summed E-state index contributed by atoms with van der Waals surface area (Å²) in [6.45, 7) is 2.68. The number of anilines is 1. The highest BCUT2D eigenvalue weighted by Crippen LogP contribution is 2.16. The van der Waals surface area contributed by atoms with Crippen LogP contribution in [0.1, 0.15) is 11.4 Å². The zero-order valence-corrected chi connectivity index (χ0v) is 11.3. The van der Waals surface area contributed by atoms with E-state index in [0.717, 1.165) is 22.8 Å². The topological polar surface area (TPSA) is 41.9 Å². The molecule has 0 fully saturated rings. The standard InChI is InChI=1S/C12H13BrN4/c1-9-15-11(13)7-12(16-9)17(2)8-10-3-5-14-6-4-10/h3-7H,8H2,1-2H3. The molecule has 0 N–H and O–H groups in total. The van der Waals surface area contributed by atoms with Gasteiger partial charge in [0.2, 0.25) is 0 Å². The van der Waals surface area contributed by atoms with Crippen molar-refractivity contribution < 1.29 is 0 Å². The van der Waals surface area contributed by atoms with E-state index in [0.29, 0.717) is 0 Å². The Kier molecular flexibility index (Phi) is 3.68. The van der Waals surface area contributed by atoms with E-state index in [2.05, 4.69) is 35.8 Å². The van der Waals surface area contributed by atoms with E-state index in [1.54, 1.807) is 12.4 Å². The molecular weight excluding hydrogens is 280 g/mol. The van der Waals surface area contributed by atoms with Gasteiger partial charge >= 0.3 is 0 Å². The normalized spacial score (nSPS) is 10.3. The van der Waals surface area contributed by atoms with Crippen molar-refractivity contribution >= 4 is 21.7 Å². The molecule has 0 saturated carbocycles. The van der Waals surface area contributed by atoms with Crippen LogP contribution in [0.15, 0.2) is 35.2 Å². The summed E-state index contributed by atoms with van der Waals surface area (Å²) in [6, 6.07) is 5.91. The molecule has 0 aliphatic carbocycles. The van der Waals surface area contributed by atoms with Gasteiger partial charge in [0.25, 0.3) is 0 Å². The van der Waals surface area contributed by atoms with Gasteiger partial charge in [-0.1, -0.05) is 0 Å². The molecule has 0 radical (unpaired) electrons. The zero-order valence-electron chi connectivity index (χ0n) is 9.76. The maximum Gasteiger partial charge on any atom is 0.133 e. The van der Waals surface area contributed by atoms with Gasteiger partial charge in [0.05, 0.1) is 0 Å². The van der Waals surface area contributed by atoms with Crippen LogP contribution in [0.25, 0.3) is 0 Å². The first-order chi connectivity index (χ1) is 8.15. The summed E-state index contributed by atoms with van der Waals surface area (Å²) in [4.78, 5) is 14.7. The molecule has 0 bridgehead atoms. The lowest BCUT2D eigenvalue weighted by atomic mass is 10.2. The Labute approximate surface area is 109 Å². The molecule has 2 aromatic heterocycles. The highest BCUT2D eigenvalue weighted by molar-refractivity contribution is 9.10. The van der Waals surface area contributed by atoms with Crippen molar-refractivity contribution in [3.05, 3.63) is 46.6 Å². The van der Waals surface area contributed by atoms with Crippen LogP contribution >= 0.6 is 15.9 Å². The largest absolute Gasteiger partial charge is 0.355 e. The van der Waals surface area contributed by atoms with Crippen molar-refractivity contribution in [2.45, 2.75) is 13.5 Å². The van der Waals surface area contributed by atoms with E-state index in [9.17, 15) is 0 Å². The average Bonchev–Trinajstić information content (AvgIpc) is 2.29. The zero-order chi connectivity index (χ0) is 12.3. The van der Waals surface area contributed by atoms with Gasteiger partial charge in [-0.15, -0.1) is 0 Å². The fraction of sp³-hybridized carbons (Fsp3) is 0.250. The van der Waals surface area contributed by atoms with Crippen LogP contribution in [0, 0.1) is 6.92 Å². The smallest absolute Gasteiger partial charge is 0.133 e. The Balaban J connectivity index is 2.17. The van der Waals surface area contributed by atoms with Gasteiger partial charge in [-0.25, -0.2) is 9.97 Å². The van der Waals surface area contributed by atoms with Gasteiger partial charge in [-0.3, -0.25) is 4.98 Å². The summed E-state index contributed by atoms with van der Waals surface area (Å²) in [6.07, 6.45) is 3.59. The average molecular weight is 293 g/mol. The Hall–Kier alpha value is -1.49. The van der Waals surface area contributed by atoms with Crippen LogP contribution in [0.4, 0.5) is 5.82 Å². The molecule has 4 nitrogen and oxygen atoms in total. The van der Waals surface area contributed by atoms with E-state index in [-0.39, 0.29) is 0 Å². The van der Waals surface area contributed by atoms with E-state index in [1.165, 1.54) is 5.56 Å². The minimum atomic E-state index is 0.760. The molecule has 5 heteroatoms. The maximum atomic E-state index is 4.40. The summed E-state index contributed by atoms with van der Waals surface area (Å²) in [5.41, 5.74) is 1.20. The molecule has 0 spiro atoms. The van der Waals surface area contributed by atoms with Gasteiger partial charge in [0.1, 0.15) is 16.2 Å². The second kappa shape index (κ2) is 5.23. The lowest BCUT2D eigenvalue weighted by Crippen LogP contribution is -2.18. The van der Waals surface area contributed by atoms with E-state index in [1.807, 2.05) is 32.2 Å². The Morgan fingerprint density at radius 2 is 1.94 bits per heavy atom. The van der Waals surface area contributed by atoms with Gasteiger partial charge in [-0.05, 0) is 40.5 Å². The first-order valence-electron chi connectivity index (χ1n) is 5.26. The summed E-state index contributed by atoms with van der Waals surface area (Å²) in [7, 11) is 2.01. The molecule has 0 saturated heterocycles. The SMILES string of the molecule is Cc1nc(Br)cc(N(C)Cc2ccncc2)n1. The summed E-state index contributed by atoms with van der Waals surface area (Å²) in [5.74, 6) is 1.66. The Morgan fingerprint density at radius 3 is 2.59 bits per heavy atom. The molecule has 88 valence electrons. The maximum absolute atomic E-state index is 4.40. The fourth-order valence-corrected chi connectivity index (χ4v) is 2.02. The Morgan fingerprint density at radius 1 is 1.24 bits per heavy atom. The van der Waals surface area contributed by atoms with Crippen molar-refractivity contribution in [3.8, 4) is 0 Å². The first kappa shape index (κ1) is 12.0. The molecule has 0 aliphatic heterocycles. The summed E-state index contributed by atoms with van der Waals surface area (Å²) >= 11 is 3.38. The molecule has 0 aromatic carbocycles. The monoisotopic (exact) mass is 292 g/mol. The third-order valence-electron chi connectivity index (χ3n) is 2.35. The van der Waals surface area contributed by atoms with Crippen molar-refractivity contribution in [2.24, 2.45) is 0 Å². The van der Waals surface area contributed by atoms with Gasteiger partial charge < -0.3 is 4.90 Å². The van der Waals surface area contributed by atoms with Crippen molar-refractivity contribution in [3.63, 3.8) is 0 Å². The molecule has 2 heterocycles. The van der Waals surface area contributed by atoms with Crippen molar-refractivity contribution in [1.29, 1.82) is 0 Å². The number of aromatic nitrogens is 3. The van der Waals surface area contributed by atoms with Gasteiger partial charge in [0, 0.05) is 32.1 Å².